The fourth-order valence-corrected chi connectivity index (χ4v) is 2.24. The fourth-order valence-electron chi connectivity index (χ4n) is 2.24. The normalized spacial score (nSPS) is 11.7. The molecule has 2 aromatic rings. The Morgan fingerprint density at radius 2 is 1.90 bits per heavy atom. The highest BCUT2D eigenvalue weighted by Crippen LogP contribution is 2.18. The highest BCUT2D eigenvalue weighted by molar-refractivity contribution is 5.37. The van der Waals surface area contributed by atoms with E-state index in [9.17, 15) is 0 Å². The van der Waals surface area contributed by atoms with E-state index >= 15 is 0 Å². The van der Waals surface area contributed by atoms with Gasteiger partial charge in [0.1, 0.15) is 5.75 Å². The molecule has 0 aliphatic rings. The minimum atomic E-state index is 0.256. The van der Waals surface area contributed by atoms with Crippen LogP contribution in [-0.2, 0) is 6.54 Å². The third kappa shape index (κ3) is 3.84. The van der Waals surface area contributed by atoms with Gasteiger partial charge in [-0.15, -0.1) is 0 Å². The number of hydrogen-bond acceptors (Lipinski definition) is 3. The van der Waals surface area contributed by atoms with Crippen LogP contribution in [0.3, 0.4) is 0 Å². The number of methoxy groups -OCH3 is 1. The van der Waals surface area contributed by atoms with E-state index in [2.05, 4.69) is 30.4 Å². The molecule has 1 N–H and O–H groups in total. The molecule has 0 aliphatic heterocycles. The lowest BCUT2D eigenvalue weighted by Gasteiger charge is -2.16. The lowest BCUT2D eigenvalue weighted by molar-refractivity contribution is 0.414. The van der Waals surface area contributed by atoms with Crippen molar-refractivity contribution in [1.82, 2.24) is 5.32 Å². The summed E-state index contributed by atoms with van der Waals surface area (Å²) in [6.07, 6.45) is 0. The summed E-state index contributed by atoms with van der Waals surface area (Å²) in [6, 6.07) is 16.3. The van der Waals surface area contributed by atoms with E-state index in [1.54, 1.807) is 7.11 Å². The van der Waals surface area contributed by atoms with E-state index in [4.69, 9.17) is 10.00 Å². The average Bonchev–Trinajstić information content (AvgIpc) is 2.53. The Balaban J connectivity index is 2.00. The van der Waals surface area contributed by atoms with Gasteiger partial charge in [0.15, 0.2) is 0 Å². The van der Waals surface area contributed by atoms with Crippen LogP contribution in [-0.4, -0.2) is 7.11 Å². The molecule has 108 valence electrons. The average molecular weight is 280 g/mol. The molecular weight excluding hydrogens is 260 g/mol. The van der Waals surface area contributed by atoms with Crippen LogP contribution in [0.5, 0.6) is 5.75 Å². The first-order chi connectivity index (χ1) is 10.1. The van der Waals surface area contributed by atoms with E-state index in [0.29, 0.717) is 5.56 Å². The monoisotopic (exact) mass is 280 g/mol. The molecule has 3 nitrogen and oxygen atoms in total. The van der Waals surface area contributed by atoms with E-state index in [1.165, 1.54) is 11.1 Å². The zero-order valence-corrected chi connectivity index (χ0v) is 12.7. The molecule has 0 aromatic heterocycles. The summed E-state index contributed by atoms with van der Waals surface area (Å²) in [5, 5.41) is 12.4. The number of aryl methyl sites for hydroxylation is 1. The van der Waals surface area contributed by atoms with Crippen molar-refractivity contribution >= 4 is 0 Å². The summed E-state index contributed by atoms with van der Waals surface area (Å²) in [6.45, 7) is 4.96. The summed E-state index contributed by atoms with van der Waals surface area (Å²) in [5.41, 5.74) is 4.29. The highest BCUT2D eigenvalue weighted by atomic mass is 16.5. The van der Waals surface area contributed by atoms with Crippen LogP contribution in [0.2, 0.25) is 0 Å². The first-order valence-corrected chi connectivity index (χ1v) is 7.01. The van der Waals surface area contributed by atoms with Crippen LogP contribution < -0.4 is 10.1 Å². The highest BCUT2D eigenvalue weighted by Gasteiger charge is 2.06. The zero-order valence-electron chi connectivity index (χ0n) is 12.7. The van der Waals surface area contributed by atoms with Gasteiger partial charge in [-0.1, -0.05) is 18.2 Å². The number of rotatable bonds is 5. The number of benzene rings is 2. The summed E-state index contributed by atoms with van der Waals surface area (Å²) >= 11 is 0. The van der Waals surface area contributed by atoms with Gasteiger partial charge in [0.2, 0.25) is 0 Å². The van der Waals surface area contributed by atoms with Crippen molar-refractivity contribution in [2.45, 2.75) is 26.4 Å². The summed E-state index contributed by atoms with van der Waals surface area (Å²) < 4.78 is 5.17. The molecule has 0 aliphatic carbocycles. The Hall–Kier alpha value is -2.31. The Morgan fingerprint density at radius 3 is 2.48 bits per heavy atom. The molecule has 0 amide bonds. The Kier molecular flexibility index (Phi) is 4.97. The van der Waals surface area contributed by atoms with Gasteiger partial charge in [0.25, 0.3) is 0 Å². The molecule has 0 saturated carbocycles. The molecule has 0 bridgehead atoms. The molecule has 2 rings (SSSR count). The zero-order chi connectivity index (χ0) is 15.2. The lowest BCUT2D eigenvalue weighted by Crippen LogP contribution is -2.18. The minimum absolute atomic E-state index is 0.256. The number of nitrogens with zero attached hydrogens (tertiary/aromatic N) is 1. The van der Waals surface area contributed by atoms with E-state index in [-0.39, 0.29) is 6.04 Å². The molecule has 1 atom stereocenters. The molecule has 0 heterocycles. The van der Waals surface area contributed by atoms with E-state index in [0.717, 1.165) is 17.9 Å². The van der Waals surface area contributed by atoms with Crippen molar-refractivity contribution in [1.29, 1.82) is 5.26 Å². The van der Waals surface area contributed by atoms with Crippen LogP contribution in [0.4, 0.5) is 0 Å². The van der Waals surface area contributed by atoms with E-state index < -0.39 is 0 Å². The van der Waals surface area contributed by atoms with Crippen molar-refractivity contribution < 1.29 is 4.74 Å². The third-order valence-electron chi connectivity index (χ3n) is 3.69. The number of ether oxygens (including phenoxy) is 1. The fraction of sp³-hybridized carbons (Fsp3) is 0.278. The second-order valence-corrected chi connectivity index (χ2v) is 5.13. The molecule has 0 spiro atoms. The quantitative estimate of drug-likeness (QED) is 0.907. The van der Waals surface area contributed by atoms with Crippen molar-refractivity contribution in [3.05, 3.63) is 64.7 Å². The van der Waals surface area contributed by atoms with E-state index in [1.807, 2.05) is 37.3 Å². The van der Waals surface area contributed by atoms with Crippen LogP contribution in [0.1, 0.15) is 35.2 Å². The second kappa shape index (κ2) is 6.92. The topological polar surface area (TPSA) is 45.0 Å². The van der Waals surface area contributed by atoms with Gasteiger partial charge in [-0.3, -0.25) is 0 Å². The maximum Gasteiger partial charge on any atom is 0.118 e. The standard InChI is InChI=1S/C18H20N2O/c1-13-10-15(11-19)4-5-17(13)12-20-14(2)16-6-8-18(21-3)9-7-16/h4-10,14,20H,12H2,1-3H3. The van der Waals surface area contributed by atoms with Gasteiger partial charge in [0.05, 0.1) is 18.7 Å². The van der Waals surface area contributed by atoms with Crippen molar-refractivity contribution in [2.24, 2.45) is 0 Å². The largest absolute Gasteiger partial charge is 0.497 e. The molecule has 0 saturated heterocycles. The predicted molar refractivity (Wildman–Crippen MR) is 84.1 cm³/mol. The summed E-state index contributed by atoms with van der Waals surface area (Å²) in [7, 11) is 1.67. The smallest absolute Gasteiger partial charge is 0.118 e. The molecule has 0 radical (unpaired) electrons. The number of nitriles is 1. The van der Waals surface area contributed by atoms with Gasteiger partial charge >= 0.3 is 0 Å². The van der Waals surface area contributed by atoms with Gasteiger partial charge < -0.3 is 10.1 Å². The van der Waals surface area contributed by atoms with Gasteiger partial charge in [-0.05, 0) is 54.8 Å². The van der Waals surface area contributed by atoms with Gasteiger partial charge in [-0.25, -0.2) is 0 Å². The van der Waals surface area contributed by atoms with Crippen LogP contribution in [0, 0.1) is 18.3 Å². The first kappa shape index (κ1) is 15.1. The van der Waals surface area contributed by atoms with Crippen LogP contribution in [0.15, 0.2) is 42.5 Å². The van der Waals surface area contributed by atoms with Crippen molar-refractivity contribution in [3.8, 4) is 11.8 Å². The molecular formula is C18H20N2O. The molecule has 2 aromatic carbocycles. The second-order valence-electron chi connectivity index (χ2n) is 5.13. The van der Waals surface area contributed by atoms with Gasteiger partial charge in [0, 0.05) is 12.6 Å². The Bertz CT molecular complexity index is 641. The number of hydrogen-bond donors (Lipinski definition) is 1. The van der Waals surface area contributed by atoms with Crippen LogP contribution >= 0.6 is 0 Å². The third-order valence-corrected chi connectivity index (χ3v) is 3.69. The maximum atomic E-state index is 8.89. The minimum Gasteiger partial charge on any atom is -0.497 e. The van der Waals surface area contributed by atoms with Gasteiger partial charge in [-0.2, -0.15) is 5.26 Å². The Labute approximate surface area is 126 Å². The molecule has 3 heteroatoms. The van der Waals surface area contributed by atoms with Crippen molar-refractivity contribution in [3.63, 3.8) is 0 Å². The SMILES string of the molecule is COc1ccc(C(C)NCc2ccc(C#N)cc2C)cc1. The molecule has 1 unspecified atom stereocenters. The van der Waals surface area contributed by atoms with Crippen LogP contribution in [0.25, 0.3) is 0 Å². The first-order valence-electron chi connectivity index (χ1n) is 7.01. The maximum absolute atomic E-state index is 8.89. The number of nitrogens with one attached hydrogen (secondary N) is 1. The Morgan fingerprint density at radius 1 is 1.19 bits per heavy atom. The van der Waals surface area contributed by atoms with Crippen molar-refractivity contribution in [2.75, 3.05) is 7.11 Å². The summed E-state index contributed by atoms with van der Waals surface area (Å²) in [4.78, 5) is 0. The predicted octanol–water partition coefficient (Wildman–Crippen LogP) is 3.73. The summed E-state index contributed by atoms with van der Waals surface area (Å²) in [5.74, 6) is 0.869. The molecule has 0 fully saturated rings. The molecule has 21 heavy (non-hydrogen) atoms. The lowest BCUT2D eigenvalue weighted by atomic mass is 10.0.